The van der Waals surface area contributed by atoms with Crippen LogP contribution in [0.3, 0.4) is 0 Å². The van der Waals surface area contributed by atoms with Crippen molar-refractivity contribution in [2.75, 3.05) is 0 Å². The molecule has 0 aromatic rings. The summed E-state index contributed by atoms with van der Waals surface area (Å²) in [6.07, 6.45) is 7.19. The van der Waals surface area contributed by atoms with Gasteiger partial charge in [-0.1, -0.05) is 18.6 Å². The molecule has 0 saturated heterocycles. The van der Waals surface area contributed by atoms with Crippen molar-refractivity contribution >= 4 is 0 Å². The maximum Gasteiger partial charge on any atom is -0.0139 e. The Morgan fingerprint density at radius 2 is 2.38 bits per heavy atom. The van der Waals surface area contributed by atoms with Crippen LogP contribution in [0.2, 0.25) is 0 Å². The fourth-order valence-electron chi connectivity index (χ4n) is 0.963. The minimum absolute atomic E-state index is 0.818. The standard InChI is InChI=1S/C8H13/c1-7-3-5-8(2)6-4-7/h3,5,7H,4,6H2,1-2H3. The van der Waals surface area contributed by atoms with Gasteiger partial charge in [-0.2, -0.15) is 0 Å². The summed E-state index contributed by atoms with van der Waals surface area (Å²) in [7, 11) is 0. The zero-order valence-electron chi connectivity index (χ0n) is 5.65. The van der Waals surface area contributed by atoms with E-state index in [4.69, 9.17) is 0 Å². The van der Waals surface area contributed by atoms with Crippen LogP contribution in [0.5, 0.6) is 0 Å². The number of rotatable bonds is 0. The smallest absolute Gasteiger partial charge is 0.0139 e. The Labute approximate surface area is 51.6 Å². The van der Waals surface area contributed by atoms with Gasteiger partial charge < -0.3 is 0 Å². The largest absolute Gasteiger partial charge is 0.0816 e. The molecule has 0 heteroatoms. The molecule has 0 aromatic carbocycles. The molecule has 0 heterocycles. The van der Waals surface area contributed by atoms with E-state index < -0.39 is 0 Å². The van der Waals surface area contributed by atoms with Crippen LogP contribution in [-0.4, -0.2) is 0 Å². The SMILES string of the molecule is CC1=C[CH]C(C)CC1. The van der Waals surface area contributed by atoms with E-state index in [1.54, 1.807) is 0 Å². The summed E-state index contributed by atoms with van der Waals surface area (Å²) in [5.41, 5.74) is 1.53. The van der Waals surface area contributed by atoms with Gasteiger partial charge in [-0.15, -0.1) is 0 Å². The molecule has 0 saturated carbocycles. The molecular weight excluding hydrogens is 96.1 g/mol. The van der Waals surface area contributed by atoms with Gasteiger partial charge in [0.1, 0.15) is 0 Å². The van der Waals surface area contributed by atoms with E-state index in [0.29, 0.717) is 0 Å². The monoisotopic (exact) mass is 109 g/mol. The van der Waals surface area contributed by atoms with E-state index in [0.717, 1.165) is 5.92 Å². The molecule has 0 bridgehead atoms. The first-order chi connectivity index (χ1) is 3.79. The predicted octanol–water partition coefficient (Wildman–Crippen LogP) is 2.57. The van der Waals surface area contributed by atoms with Crippen LogP contribution in [-0.2, 0) is 0 Å². The minimum atomic E-state index is 0.818. The molecule has 1 radical (unpaired) electrons. The number of allylic oxidation sites excluding steroid dienone is 2. The third-order valence-corrected chi connectivity index (χ3v) is 1.70. The highest BCUT2D eigenvalue weighted by Gasteiger charge is 2.05. The fourth-order valence-corrected chi connectivity index (χ4v) is 0.963. The molecule has 1 aliphatic carbocycles. The van der Waals surface area contributed by atoms with Crippen LogP contribution in [0.4, 0.5) is 0 Å². The predicted molar refractivity (Wildman–Crippen MR) is 36.5 cm³/mol. The highest BCUT2D eigenvalue weighted by atomic mass is 14.1. The first-order valence-corrected chi connectivity index (χ1v) is 3.29. The molecule has 1 unspecified atom stereocenters. The molecule has 0 amide bonds. The Morgan fingerprint density at radius 1 is 1.62 bits per heavy atom. The Hall–Kier alpha value is -0.260. The van der Waals surface area contributed by atoms with Crippen molar-refractivity contribution < 1.29 is 0 Å². The van der Waals surface area contributed by atoms with Gasteiger partial charge in [0, 0.05) is 0 Å². The topological polar surface area (TPSA) is 0 Å². The summed E-state index contributed by atoms with van der Waals surface area (Å²) >= 11 is 0. The third kappa shape index (κ3) is 1.36. The Kier molecular flexibility index (Phi) is 1.72. The number of hydrogen-bond donors (Lipinski definition) is 0. The molecular formula is C8H13. The zero-order chi connectivity index (χ0) is 5.98. The van der Waals surface area contributed by atoms with Crippen molar-refractivity contribution in [3.05, 3.63) is 18.1 Å². The molecule has 0 aliphatic heterocycles. The van der Waals surface area contributed by atoms with Crippen LogP contribution < -0.4 is 0 Å². The lowest BCUT2D eigenvalue weighted by molar-refractivity contribution is 0.596. The van der Waals surface area contributed by atoms with Gasteiger partial charge in [-0.25, -0.2) is 0 Å². The van der Waals surface area contributed by atoms with Gasteiger partial charge in [0.25, 0.3) is 0 Å². The number of hydrogen-bond acceptors (Lipinski definition) is 0. The van der Waals surface area contributed by atoms with E-state index >= 15 is 0 Å². The Bertz CT molecular complexity index is 101. The van der Waals surface area contributed by atoms with Crippen LogP contribution in [0.25, 0.3) is 0 Å². The normalized spacial score (nSPS) is 29.8. The van der Waals surface area contributed by atoms with Gasteiger partial charge in [0.15, 0.2) is 0 Å². The summed E-state index contributed by atoms with van der Waals surface area (Å²) in [6, 6.07) is 0. The highest BCUT2D eigenvalue weighted by molar-refractivity contribution is 5.11. The molecule has 8 heavy (non-hydrogen) atoms. The van der Waals surface area contributed by atoms with Gasteiger partial charge in [-0.05, 0) is 32.1 Å². The molecule has 0 fully saturated rings. The summed E-state index contributed by atoms with van der Waals surface area (Å²) in [5.74, 6) is 0.818. The van der Waals surface area contributed by atoms with Crippen LogP contribution in [0.15, 0.2) is 11.6 Å². The van der Waals surface area contributed by atoms with Gasteiger partial charge in [0.2, 0.25) is 0 Å². The van der Waals surface area contributed by atoms with E-state index in [1.807, 2.05) is 0 Å². The third-order valence-electron chi connectivity index (χ3n) is 1.70. The van der Waals surface area contributed by atoms with Crippen LogP contribution in [0.1, 0.15) is 26.7 Å². The lowest BCUT2D eigenvalue weighted by Crippen LogP contribution is -1.99. The summed E-state index contributed by atoms with van der Waals surface area (Å²) in [4.78, 5) is 0. The summed E-state index contributed by atoms with van der Waals surface area (Å²) < 4.78 is 0. The second kappa shape index (κ2) is 2.34. The molecule has 0 aromatic heterocycles. The molecule has 0 N–H and O–H groups in total. The zero-order valence-corrected chi connectivity index (χ0v) is 5.65. The highest BCUT2D eigenvalue weighted by Crippen LogP contribution is 2.20. The molecule has 0 spiro atoms. The lowest BCUT2D eigenvalue weighted by atomic mass is 9.92. The van der Waals surface area contributed by atoms with E-state index in [-0.39, 0.29) is 0 Å². The fraction of sp³-hybridized carbons (Fsp3) is 0.625. The average molecular weight is 109 g/mol. The van der Waals surface area contributed by atoms with Crippen LogP contribution >= 0.6 is 0 Å². The maximum atomic E-state index is 2.29. The molecule has 0 nitrogen and oxygen atoms in total. The van der Waals surface area contributed by atoms with Crippen molar-refractivity contribution in [1.82, 2.24) is 0 Å². The Balaban J connectivity index is 2.42. The van der Waals surface area contributed by atoms with E-state index in [1.165, 1.54) is 18.4 Å². The first kappa shape index (κ1) is 5.87. The van der Waals surface area contributed by atoms with Crippen molar-refractivity contribution in [2.45, 2.75) is 26.7 Å². The quantitative estimate of drug-likeness (QED) is 0.448. The van der Waals surface area contributed by atoms with Crippen molar-refractivity contribution in [3.63, 3.8) is 0 Å². The second-order valence-electron chi connectivity index (χ2n) is 2.72. The van der Waals surface area contributed by atoms with Gasteiger partial charge >= 0.3 is 0 Å². The molecule has 1 rings (SSSR count). The maximum absolute atomic E-state index is 2.29. The molecule has 1 atom stereocenters. The van der Waals surface area contributed by atoms with Gasteiger partial charge in [-0.3, -0.25) is 0 Å². The van der Waals surface area contributed by atoms with Crippen LogP contribution in [0, 0.1) is 12.3 Å². The Morgan fingerprint density at radius 3 is 2.75 bits per heavy atom. The second-order valence-corrected chi connectivity index (χ2v) is 2.72. The summed E-state index contributed by atoms with van der Waals surface area (Å²) in [5, 5.41) is 0. The van der Waals surface area contributed by atoms with E-state index in [9.17, 15) is 0 Å². The average Bonchev–Trinajstić information content (AvgIpc) is 1.77. The lowest BCUT2D eigenvalue weighted by Gasteiger charge is -2.14. The molecule has 1 aliphatic rings. The van der Waals surface area contributed by atoms with Crippen molar-refractivity contribution in [2.24, 2.45) is 5.92 Å². The van der Waals surface area contributed by atoms with E-state index in [2.05, 4.69) is 26.3 Å². The van der Waals surface area contributed by atoms with Gasteiger partial charge in [0.05, 0.1) is 0 Å². The summed E-state index contributed by atoms with van der Waals surface area (Å²) in [6.45, 7) is 4.46. The first-order valence-electron chi connectivity index (χ1n) is 3.29. The molecule has 45 valence electrons. The minimum Gasteiger partial charge on any atom is -0.0816 e. The van der Waals surface area contributed by atoms with Crippen molar-refractivity contribution in [1.29, 1.82) is 0 Å². The van der Waals surface area contributed by atoms with Crippen molar-refractivity contribution in [3.8, 4) is 0 Å².